The second kappa shape index (κ2) is 6.58. The molecule has 1 aromatic rings. The number of nitriles is 1. The van der Waals surface area contributed by atoms with E-state index in [0.717, 1.165) is 36.9 Å². The lowest BCUT2D eigenvalue weighted by atomic mass is 9.94. The van der Waals surface area contributed by atoms with Crippen LogP contribution in [0.4, 0.5) is 0 Å². The average Bonchev–Trinajstić information content (AvgIpc) is 2.48. The van der Waals surface area contributed by atoms with Gasteiger partial charge in [-0.1, -0.05) is 13.3 Å². The number of nitrogens with zero attached hydrogens (tertiary/aromatic N) is 2. The first-order valence-corrected chi connectivity index (χ1v) is 7.06. The van der Waals surface area contributed by atoms with Crippen LogP contribution in [0.15, 0.2) is 18.2 Å². The molecule has 3 nitrogen and oxygen atoms in total. The van der Waals surface area contributed by atoms with Crippen LogP contribution in [-0.4, -0.2) is 25.1 Å². The fraction of sp³-hybridized carbons (Fsp3) is 0.562. The SMILES string of the molecule is CCC1CCN(Cc2cc(C#N)ccc2OC)CC1. The van der Waals surface area contributed by atoms with E-state index < -0.39 is 0 Å². The van der Waals surface area contributed by atoms with Crippen LogP contribution in [0.1, 0.15) is 37.3 Å². The predicted molar refractivity (Wildman–Crippen MR) is 76.0 cm³/mol. The fourth-order valence-corrected chi connectivity index (χ4v) is 2.77. The van der Waals surface area contributed by atoms with E-state index in [0.29, 0.717) is 5.56 Å². The molecule has 0 aromatic heterocycles. The summed E-state index contributed by atoms with van der Waals surface area (Å²) in [5.41, 5.74) is 1.83. The zero-order valence-electron chi connectivity index (χ0n) is 11.9. The third kappa shape index (κ3) is 3.48. The Morgan fingerprint density at radius 1 is 1.37 bits per heavy atom. The van der Waals surface area contributed by atoms with Gasteiger partial charge in [0, 0.05) is 12.1 Å². The number of hydrogen-bond donors (Lipinski definition) is 0. The van der Waals surface area contributed by atoms with Crippen molar-refractivity contribution in [3.05, 3.63) is 29.3 Å². The summed E-state index contributed by atoms with van der Waals surface area (Å²) in [6.45, 7) is 5.46. The van der Waals surface area contributed by atoms with Gasteiger partial charge in [-0.15, -0.1) is 0 Å². The molecule has 0 radical (unpaired) electrons. The highest BCUT2D eigenvalue weighted by atomic mass is 16.5. The molecule has 1 aromatic carbocycles. The zero-order chi connectivity index (χ0) is 13.7. The molecule has 1 aliphatic heterocycles. The molecule has 0 atom stereocenters. The molecule has 0 N–H and O–H groups in total. The lowest BCUT2D eigenvalue weighted by molar-refractivity contribution is 0.173. The first-order valence-electron chi connectivity index (χ1n) is 7.06. The lowest BCUT2D eigenvalue weighted by Crippen LogP contribution is -2.33. The number of methoxy groups -OCH3 is 1. The molecule has 19 heavy (non-hydrogen) atoms. The monoisotopic (exact) mass is 258 g/mol. The molecule has 0 spiro atoms. The largest absolute Gasteiger partial charge is 0.496 e. The Labute approximate surface area is 115 Å². The first kappa shape index (κ1) is 13.9. The third-order valence-electron chi connectivity index (χ3n) is 4.09. The highest BCUT2D eigenvalue weighted by molar-refractivity contribution is 5.42. The van der Waals surface area contributed by atoms with E-state index in [-0.39, 0.29) is 0 Å². The number of benzene rings is 1. The Kier molecular flexibility index (Phi) is 4.81. The van der Waals surface area contributed by atoms with Crippen LogP contribution in [0, 0.1) is 17.2 Å². The van der Waals surface area contributed by atoms with Gasteiger partial charge < -0.3 is 4.74 Å². The summed E-state index contributed by atoms with van der Waals surface area (Å²) in [4.78, 5) is 2.46. The fourth-order valence-electron chi connectivity index (χ4n) is 2.77. The summed E-state index contributed by atoms with van der Waals surface area (Å²) in [5, 5.41) is 8.99. The first-order chi connectivity index (χ1) is 9.26. The number of hydrogen-bond acceptors (Lipinski definition) is 3. The van der Waals surface area contributed by atoms with Gasteiger partial charge in [-0.3, -0.25) is 4.90 Å². The summed E-state index contributed by atoms with van der Waals surface area (Å²) < 4.78 is 5.39. The van der Waals surface area contributed by atoms with Gasteiger partial charge in [-0.25, -0.2) is 0 Å². The normalized spacial score (nSPS) is 17.1. The number of rotatable bonds is 4. The van der Waals surface area contributed by atoms with Crippen LogP contribution in [0.2, 0.25) is 0 Å². The van der Waals surface area contributed by atoms with Crippen molar-refractivity contribution in [1.82, 2.24) is 4.90 Å². The quantitative estimate of drug-likeness (QED) is 0.832. The molecule has 0 unspecified atom stereocenters. The van der Waals surface area contributed by atoms with E-state index in [4.69, 9.17) is 10.00 Å². The Balaban J connectivity index is 2.04. The van der Waals surface area contributed by atoms with Crippen LogP contribution >= 0.6 is 0 Å². The lowest BCUT2D eigenvalue weighted by Gasteiger charge is -2.31. The van der Waals surface area contributed by atoms with Gasteiger partial charge in [0.25, 0.3) is 0 Å². The third-order valence-corrected chi connectivity index (χ3v) is 4.09. The average molecular weight is 258 g/mol. The van der Waals surface area contributed by atoms with Crippen molar-refractivity contribution < 1.29 is 4.74 Å². The molecule has 1 heterocycles. The van der Waals surface area contributed by atoms with E-state index in [1.165, 1.54) is 19.3 Å². The number of ether oxygens (including phenoxy) is 1. The Hall–Kier alpha value is -1.53. The van der Waals surface area contributed by atoms with Gasteiger partial charge in [0.15, 0.2) is 0 Å². The van der Waals surface area contributed by atoms with E-state index in [9.17, 15) is 0 Å². The van der Waals surface area contributed by atoms with Gasteiger partial charge in [-0.2, -0.15) is 5.26 Å². The minimum atomic E-state index is 0.708. The van der Waals surface area contributed by atoms with Crippen molar-refractivity contribution in [3.8, 4) is 11.8 Å². The molecule has 0 amide bonds. The Morgan fingerprint density at radius 2 is 2.11 bits per heavy atom. The molecule has 1 saturated heterocycles. The maximum Gasteiger partial charge on any atom is 0.123 e. The summed E-state index contributed by atoms with van der Waals surface area (Å²) in [5.74, 6) is 1.78. The van der Waals surface area contributed by atoms with Crippen LogP contribution in [0.3, 0.4) is 0 Å². The highest BCUT2D eigenvalue weighted by Gasteiger charge is 2.18. The molecular weight excluding hydrogens is 236 g/mol. The molecular formula is C16H22N2O. The maximum atomic E-state index is 8.99. The van der Waals surface area contributed by atoms with E-state index in [2.05, 4.69) is 17.9 Å². The molecule has 3 heteroatoms. The molecule has 1 aliphatic rings. The van der Waals surface area contributed by atoms with Crippen molar-refractivity contribution in [2.45, 2.75) is 32.7 Å². The molecule has 1 fully saturated rings. The van der Waals surface area contributed by atoms with Gasteiger partial charge >= 0.3 is 0 Å². The van der Waals surface area contributed by atoms with Gasteiger partial charge in [0.2, 0.25) is 0 Å². The van der Waals surface area contributed by atoms with Crippen molar-refractivity contribution in [3.63, 3.8) is 0 Å². The van der Waals surface area contributed by atoms with Gasteiger partial charge in [0.1, 0.15) is 5.75 Å². The second-order valence-electron chi connectivity index (χ2n) is 5.27. The molecule has 102 valence electrons. The van der Waals surface area contributed by atoms with Crippen molar-refractivity contribution in [1.29, 1.82) is 5.26 Å². The van der Waals surface area contributed by atoms with Crippen LogP contribution in [-0.2, 0) is 6.54 Å². The van der Waals surface area contributed by atoms with Crippen molar-refractivity contribution in [2.24, 2.45) is 5.92 Å². The summed E-state index contributed by atoms with van der Waals surface area (Å²) >= 11 is 0. The minimum absolute atomic E-state index is 0.708. The summed E-state index contributed by atoms with van der Waals surface area (Å²) in [7, 11) is 1.69. The molecule has 2 rings (SSSR count). The maximum absolute atomic E-state index is 8.99. The van der Waals surface area contributed by atoms with E-state index >= 15 is 0 Å². The molecule has 0 saturated carbocycles. The van der Waals surface area contributed by atoms with E-state index in [1.54, 1.807) is 7.11 Å². The highest BCUT2D eigenvalue weighted by Crippen LogP contribution is 2.25. The topological polar surface area (TPSA) is 36.3 Å². The molecule has 0 bridgehead atoms. The van der Waals surface area contributed by atoms with E-state index in [1.807, 2.05) is 18.2 Å². The predicted octanol–water partition coefficient (Wildman–Crippen LogP) is 3.19. The number of likely N-dealkylation sites (tertiary alicyclic amines) is 1. The van der Waals surface area contributed by atoms with Crippen LogP contribution < -0.4 is 4.74 Å². The minimum Gasteiger partial charge on any atom is -0.496 e. The Bertz CT molecular complexity index is 456. The smallest absolute Gasteiger partial charge is 0.123 e. The summed E-state index contributed by atoms with van der Waals surface area (Å²) in [6, 6.07) is 7.85. The zero-order valence-corrected chi connectivity index (χ0v) is 11.9. The second-order valence-corrected chi connectivity index (χ2v) is 5.27. The summed E-state index contributed by atoms with van der Waals surface area (Å²) in [6.07, 6.45) is 3.87. The standard InChI is InChI=1S/C16H22N2O/c1-3-13-6-8-18(9-7-13)12-15-10-14(11-17)4-5-16(15)19-2/h4-5,10,13H,3,6-9,12H2,1-2H3. The van der Waals surface area contributed by atoms with Crippen molar-refractivity contribution in [2.75, 3.05) is 20.2 Å². The Morgan fingerprint density at radius 3 is 2.68 bits per heavy atom. The van der Waals surface area contributed by atoms with Gasteiger partial charge in [0.05, 0.1) is 18.7 Å². The van der Waals surface area contributed by atoms with Crippen LogP contribution in [0.25, 0.3) is 0 Å². The number of piperidine rings is 1. The molecule has 0 aliphatic carbocycles. The van der Waals surface area contributed by atoms with Gasteiger partial charge in [-0.05, 0) is 50.0 Å². The van der Waals surface area contributed by atoms with Crippen LogP contribution in [0.5, 0.6) is 5.75 Å². The van der Waals surface area contributed by atoms with Crippen molar-refractivity contribution >= 4 is 0 Å².